The van der Waals surface area contributed by atoms with Gasteiger partial charge in [-0.1, -0.05) is 13.0 Å². The van der Waals surface area contributed by atoms with Crippen LogP contribution in [0.3, 0.4) is 0 Å². The molecule has 0 saturated heterocycles. The van der Waals surface area contributed by atoms with E-state index in [0.29, 0.717) is 6.54 Å². The molecule has 0 aliphatic carbocycles. The minimum absolute atomic E-state index is 0.0712. The van der Waals surface area contributed by atoms with Crippen LogP contribution in [0.25, 0.3) is 0 Å². The first-order valence-corrected chi connectivity index (χ1v) is 5.17. The largest absolute Gasteiger partial charge is 0.351 e. The number of hydrogen-bond donors (Lipinski definition) is 1. The molecule has 15 heavy (non-hydrogen) atoms. The van der Waals surface area contributed by atoms with Crippen LogP contribution in [0.15, 0.2) is 12.7 Å². The van der Waals surface area contributed by atoms with Gasteiger partial charge in [0.15, 0.2) is 0 Å². The molecule has 0 saturated carbocycles. The van der Waals surface area contributed by atoms with Crippen molar-refractivity contribution in [2.24, 2.45) is 0 Å². The van der Waals surface area contributed by atoms with Gasteiger partial charge in [-0.15, -0.1) is 6.58 Å². The zero-order valence-corrected chi connectivity index (χ0v) is 9.75. The predicted molar refractivity (Wildman–Crippen MR) is 60.3 cm³/mol. The molecule has 0 aromatic rings. The first-order valence-electron chi connectivity index (χ1n) is 5.17. The number of hydrogen-bond acceptors (Lipinski definition) is 2. The maximum Gasteiger partial charge on any atom is 0.239 e. The lowest BCUT2D eigenvalue weighted by Gasteiger charge is -2.26. The molecular weight excluding hydrogens is 192 g/mol. The number of carbonyl (C=O) groups is 2. The summed E-state index contributed by atoms with van der Waals surface area (Å²) in [7, 11) is 0. The Hall–Kier alpha value is -1.32. The third-order valence-electron chi connectivity index (χ3n) is 2.28. The van der Waals surface area contributed by atoms with Crippen molar-refractivity contribution in [1.82, 2.24) is 10.2 Å². The second-order valence-electron chi connectivity index (χ2n) is 3.50. The van der Waals surface area contributed by atoms with Gasteiger partial charge in [0.1, 0.15) is 0 Å². The summed E-state index contributed by atoms with van der Waals surface area (Å²) in [4.78, 5) is 24.2. The second kappa shape index (κ2) is 7.04. The Morgan fingerprint density at radius 2 is 2.13 bits per heavy atom. The Kier molecular flexibility index (Phi) is 6.42. The van der Waals surface area contributed by atoms with Crippen LogP contribution in [0.2, 0.25) is 0 Å². The van der Waals surface area contributed by atoms with E-state index in [-0.39, 0.29) is 24.4 Å². The molecule has 0 aliphatic heterocycles. The second-order valence-corrected chi connectivity index (χ2v) is 3.50. The summed E-state index contributed by atoms with van der Waals surface area (Å²) < 4.78 is 0. The summed E-state index contributed by atoms with van der Waals surface area (Å²) >= 11 is 0. The average molecular weight is 212 g/mol. The molecular formula is C11H20N2O2. The van der Waals surface area contributed by atoms with Crippen molar-refractivity contribution < 1.29 is 9.59 Å². The van der Waals surface area contributed by atoms with E-state index in [9.17, 15) is 9.59 Å². The third-order valence-corrected chi connectivity index (χ3v) is 2.28. The van der Waals surface area contributed by atoms with Gasteiger partial charge in [0.25, 0.3) is 0 Å². The summed E-state index contributed by atoms with van der Waals surface area (Å²) in [6.45, 7) is 9.46. The van der Waals surface area contributed by atoms with Crippen molar-refractivity contribution in [3.63, 3.8) is 0 Å². The van der Waals surface area contributed by atoms with Crippen molar-refractivity contribution in [1.29, 1.82) is 0 Å². The molecule has 0 radical (unpaired) electrons. The zero-order chi connectivity index (χ0) is 11.8. The minimum Gasteiger partial charge on any atom is -0.351 e. The van der Waals surface area contributed by atoms with Crippen LogP contribution in [0, 0.1) is 0 Å². The molecule has 0 aliphatic rings. The molecule has 1 atom stereocenters. The number of amides is 2. The quantitative estimate of drug-likeness (QED) is 0.666. The molecule has 0 aromatic heterocycles. The van der Waals surface area contributed by atoms with Gasteiger partial charge in [0.05, 0.1) is 6.54 Å². The molecule has 4 nitrogen and oxygen atoms in total. The van der Waals surface area contributed by atoms with Crippen LogP contribution < -0.4 is 5.32 Å². The summed E-state index contributed by atoms with van der Waals surface area (Å²) in [5.74, 6) is -0.219. The highest BCUT2D eigenvalue weighted by Crippen LogP contribution is 2.03. The minimum atomic E-state index is -0.148. The molecule has 0 heterocycles. The van der Waals surface area contributed by atoms with Crippen molar-refractivity contribution in [3.05, 3.63) is 12.7 Å². The highest BCUT2D eigenvalue weighted by Gasteiger charge is 2.17. The van der Waals surface area contributed by atoms with Crippen LogP contribution in [0.5, 0.6) is 0 Å². The summed E-state index contributed by atoms with van der Waals surface area (Å²) in [6.07, 6.45) is 2.45. The molecule has 2 amide bonds. The van der Waals surface area contributed by atoms with Crippen LogP contribution in [-0.2, 0) is 9.59 Å². The molecule has 0 bridgehead atoms. The lowest BCUT2D eigenvalue weighted by Crippen LogP contribution is -2.44. The Labute approximate surface area is 91.3 Å². The fourth-order valence-corrected chi connectivity index (χ4v) is 1.19. The lowest BCUT2D eigenvalue weighted by atomic mass is 10.2. The van der Waals surface area contributed by atoms with Crippen LogP contribution in [-0.4, -0.2) is 35.8 Å². The maximum absolute atomic E-state index is 11.4. The van der Waals surface area contributed by atoms with Crippen LogP contribution in [0.1, 0.15) is 27.2 Å². The van der Waals surface area contributed by atoms with Crippen molar-refractivity contribution in [3.8, 4) is 0 Å². The van der Waals surface area contributed by atoms with E-state index in [1.165, 1.54) is 6.92 Å². The molecule has 0 aromatic carbocycles. The predicted octanol–water partition coefficient (Wildman–Crippen LogP) is 0.936. The van der Waals surface area contributed by atoms with Gasteiger partial charge < -0.3 is 10.2 Å². The van der Waals surface area contributed by atoms with Gasteiger partial charge in [0.2, 0.25) is 11.8 Å². The fraction of sp³-hybridized carbons (Fsp3) is 0.636. The van der Waals surface area contributed by atoms with E-state index in [1.807, 2.05) is 13.8 Å². The van der Waals surface area contributed by atoms with E-state index < -0.39 is 0 Å². The van der Waals surface area contributed by atoms with Gasteiger partial charge in [-0.3, -0.25) is 9.59 Å². The van der Waals surface area contributed by atoms with Crippen molar-refractivity contribution >= 4 is 11.8 Å². The molecule has 1 unspecified atom stereocenters. The normalized spacial score (nSPS) is 11.7. The fourth-order valence-electron chi connectivity index (χ4n) is 1.19. The highest BCUT2D eigenvalue weighted by atomic mass is 16.2. The van der Waals surface area contributed by atoms with E-state index in [0.717, 1.165) is 6.42 Å². The van der Waals surface area contributed by atoms with Gasteiger partial charge in [-0.2, -0.15) is 0 Å². The van der Waals surface area contributed by atoms with Crippen molar-refractivity contribution in [2.45, 2.75) is 33.2 Å². The van der Waals surface area contributed by atoms with Gasteiger partial charge >= 0.3 is 0 Å². The Balaban J connectivity index is 4.22. The summed E-state index contributed by atoms with van der Waals surface area (Å²) in [5, 5.41) is 2.65. The maximum atomic E-state index is 11.4. The van der Waals surface area contributed by atoms with E-state index in [4.69, 9.17) is 0 Å². The Morgan fingerprint density at radius 1 is 1.53 bits per heavy atom. The van der Waals surface area contributed by atoms with Crippen molar-refractivity contribution in [2.75, 3.05) is 13.1 Å². The number of nitrogens with one attached hydrogen (secondary N) is 1. The number of nitrogens with zero attached hydrogens (tertiary/aromatic N) is 1. The standard InChI is InChI=1S/C11H20N2O2/c1-5-7-12-11(15)8-13(10(4)14)9(3)6-2/h5,9H,1,6-8H2,2-4H3,(H,12,15). The first kappa shape index (κ1) is 13.7. The number of rotatable bonds is 6. The van der Waals surface area contributed by atoms with Gasteiger partial charge in [0, 0.05) is 19.5 Å². The molecule has 0 fully saturated rings. The van der Waals surface area contributed by atoms with E-state index in [1.54, 1.807) is 11.0 Å². The smallest absolute Gasteiger partial charge is 0.239 e. The molecule has 0 rings (SSSR count). The molecule has 0 spiro atoms. The average Bonchev–Trinajstić information content (AvgIpc) is 2.21. The SMILES string of the molecule is C=CCNC(=O)CN(C(C)=O)C(C)CC. The first-order chi connectivity index (χ1) is 7.02. The highest BCUT2D eigenvalue weighted by molar-refractivity contribution is 5.84. The lowest BCUT2D eigenvalue weighted by molar-refractivity contribution is -0.136. The van der Waals surface area contributed by atoms with Crippen LogP contribution >= 0.6 is 0 Å². The third kappa shape index (κ3) is 5.20. The monoisotopic (exact) mass is 212 g/mol. The topological polar surface area (TPSA) is 49.4 Å². The molecule has 1 N–H and O–H groups in total. The molecule has 4 heteroatoms. The summed E-state index contributed by atoms with van der Waals surface area (Å²) in [5.41, 5.74) is 0. The van der Waals surface area contributed by atoms with Gasteiger partial charge in [-0.25, -0.2) is 0 Å². The molecule has 86 valence electrons. The Morgan fingerprint density at radius 3 is 2.53 bits per heavy atom. The Bertz CT molecular complexity index is 239. The van der Waals surface area contributed by atoms with E-state index in [2.05, 4.69) is 11.9 Å². The zero-order valence-electron chi connectivity index (χ0n) is 9.75. The van der Waals surface area contributed by atoms with E-state index >= 15 is 0 Å². The van der Waals surface area contributed by atoms with Crippen LogP contribution in [0.4, 0.5) is 0 Å². The summed E-state index contributed by atoms with van der Waals surface area (Å²) in [6, 6.07) is 0.0944. The van der Waals surface area contributed by atoms with Gasteiger partial charge in [-0.05, 0) is 13.3 Å². The number of carbonyl (C=O) groups excluding carboxylic acids is 2.